The fourth-order valence-electron chi connectivity index (χ4n) is 3.68. The molecule has 0 saturated heterocycles. The van der Waals surface area contributed by atoms with Crippen LogP contribution >= 0.6 is 0 Å². The minimum Gasteiger partial charge on any atom is -0.455 e. The molecule has 0 unspecified atom stereocenters. The van der Waals surface area contributed by atoms with Crippen molar-refractivity contribution in [3.63, 3.8) is 0 Å². The summed E-state index contributed by atoms with van der Waals surface area (Å²) in [6.45, 7) is 6.32. The predicted molar refractivity (Wildman–Crippen MR) is 104 cm³/mol. The SMILES string of the molecule is Cc1cc2c(cc1-c1cccc[n+]1C)oc1c(C#N)c(C(C)C)ccc12. The van der Waals surface area contributed by atoms with Crippen LogP contribution in [-0.4, -0.2) is 0 Å². The van der Waals surface area contributed by atoms with Crippen molar-refractivity contribution in [2.24, 2.45) is 7.05 Å². The van der Waals surface area contributed by atoms with Crippen LogP contribution in [0.5, 0.6) is 0 Å². The topological polar surface area (TPSA) is 40.8 Å². The van der Waals surface area contributed by atoms with Gasteiger partial charge in [-0.15, -0.1) is 0 Å². The van der Waals surface area contributed by atoms with Crippen molar-refractivity contribution >= 4 is 21.9 Å². The average molecular weight is 341 g/mol. The zero-order valence-corrected chi connectivity index (χ0v) is 15.5. The Morgan fingerprint density at radius 1 is 1.08 bits per heavy atom. The number of furan rings is 1. The van der Waals surface area contributed by atoms with Gasteiger partial charge in [0.1, 0.15) is 18.7 Å². The molecular weight excluding hydrogens is 320 g/mol. The summed E-state index contributed by atoms with van der Waals surface area (Å²) in [6, 6.07) is 16.9. The van der Waals surface area contributed by atoms with E-state index in [2.05, 4.69) is 61.7 Å². The smallest absolute Gasteiger partial charge is 0.212 e. The van der Waals surface area contributed by atoms with Crippen LogP contribution in [0.15, 0.2) is 53.1 Å². The second-order valence-electron chi connectivity index (χ2n) is 7.14. The van der Waals surface area contributed by atoms with Crippen molar-refractivity contribution in [3.05, 3.63) is 65.4 Å². The number of pyridine rings is 1. The number of rotatable bonds is 2. The van der Waals surface area contributed by atoms with E-state index in [1.807, 2.05) is 25.4 Å². The Hall–Kier alpha value is -3.12. The van der Waals surface area contributed by atoms with Crippen molar-refractivity contribution in [1.82, 2.24) is 0 Å². The maximum atomic E-state index is 9.70. The Balaban J connectivity index is 2.05. The molecule has 4 aromatic rings. The highest BCUT2D eigenvalue weighted by molar-refractivity contribution is 6.08. The molecule has 0 bridgehead atoms. The van der Waals surface area contributed by atoms with Crippen molar-refractivity contribution in [3.8, 4) is 17.3 Å². The molecule has 3 heteroatoms. The van der Waals surface area contributed by atoms with E-state index in [0.717, 1.165) is 33.2 Å². The number of nitriles is 1. The average Bonchev–Trinajstić information content (AvgIpc) is 2.98. The normalized spacial score (nSPS) is 11.4. The molecule has 0 radical (unpaired) electrons. The lowest BCUT2D eigenvalue weighted by atomic mass is 9.95. The lowest BCUT2D eigenvalue weighted by Crippen LogP contribution is -2.30. The monoisotopic (exact) mass is 341 g/mol. The Labute approximate surface area is 153 Å². The molecular formula is C23H21N2O+. The number of aromatic nitrogens is 1. The van der Waals surface area contributed by atoms with Gasteiger partial charge in [0.15, 0.2) is 11.8 Å². The van der Waals surface area contributed by atoms with E-state index in [4.69, 9.17) is 4.42 Å². The van der Waals surface area contributed by atoms with Crippen molar-refractivity contribution in [2.75, 3.05) is 0 Å². The molecule has 0 saturated carbocycles. The highest BCUT2D eigenvalue weighted by Gasteiger charge is 2.19. The third-order valence-electron chi connectivity index (χ3n) is 5.08. The fraction of sp³-hybridized carbons (Fsp3) is 0.217. The van der Waals surface area contributed by atoms with Crippen LogP contribution in [0.4, 0.5) is 0 Å². The van der Waals surface area contributed by atoms with E-state index in [9.17, 15) is 5.26 Å². The van der Waals surface area contributed by atoms with Gasteiger partial charge in [-0.2, -0.15) is 5.26 Å². The summed E-state index contributed by atoms with van der Waals surface area (Å²) in [5.74, 6) is 0.280. The molecule has 0 aliphatic rings. The summed E-state index contributed by atoms with van der Waals surface area (Å²) in [5.41, 5.74) is 6.67. The van der Waals surface area contributed by atoms with E-state index < -0.39 is 0 Å². The number of aryl methyl sites for hydroxylation is 2. The molecule has 0 spiro atoms. The van der Waals surface area contributed by atoms with Crippen molar-refractivity contribution < 1.29 is 8.98 Å². The first kappa shape index (κ1) is 16.4. The minimum absolute atomic E-state index is 0.280. The van der Waals surface area contributed by atoms with Crippen molar-refractivity contribution in [1.29, 1.82) is 5.26 Å². The lowest BCUT2D eigenvalue weighted by molar-refractivity contribution is -0.660. The molecule has 0 amide bonds. The van der Waals surface area contributed by atoms with Gasteiger partial charge >= 0.3 is 0 Å². The zero-order chi connectivity index (χ0) is 18.4. The minimum atomic E-state index is 0.280. The van der Waals surface area contributed by atoms with E-state index in [0.29, 0.717) is 11.1 Å². The highest BCUT2D eigenvalue weighted by Crippen LogP contribution is 2.37. The van der Waals surface area contributed by atoms with Gasteiger partial charge in [0.25, 0.3) is 0 Å². The van der Waals surface area contributed by atoms with E-state index in [-0.39, 0.29) is 5.92 Å². The first-order valence-electron chi connectivity index (χ1n) is 8.86. The third-order valence-corrected chi connectivity index (χ3v) is 5.08. The molecule has 26 heavy (non-hydrogen) atoms. The standard InChI is InChI=1S/C23H21N2O/c1-14(2)16-8-9-17-19-11-15(3)18(21-7-5-6-10-25(21)4)12-22(19)26-23(17)20(16)13-24/h5-12,14H,1-4H3/q+1. The quantitative estimate of drug-likeness (QED) is 0.459. The fourth-order valence-corrected chi connectivity index (χ4v) is 3.68. The van der Waals surface area contributed by atoms with Gasteiger partial charge in [-0.05, 0) is 42.2 Å². The number of hydrogen-bond donors (Lipinski definition) is 0. The molecule has 2 aromatic carbocycles. The summed E-state index contributed by atoms with van der Waals surface area (Å²) in [7, 11) is 2.04. The van der Waals surface area contributed by atoms with Crippen LogP contribution in [0.2, 0.25) is 0 Å². The van der Waals surface area contributed by atoms with Gasteiger partial charge in [0.05, 0.1) is 11.1 Å². The van der Waals surface area contributed by atoms with Crippen LogP contribution in [0.25, 0.3) is 33.2 Å². The Kier molecular flexibility index (Phi) is 3.77. The summed E-state index contributed by atoms with van der Waals surface area (Å²) in [6.07, 6.45) is 2.04. The number of fused-ring (bicyclic) bond motifs is 3. The first-order chi connectivity index (χ1) is 12.5. The second kappa shape index (κ2) is 6.00. The maximum Gasteiger partial charge on any atom is 0.212 e. The van der Waals surface area contributed by atoms with Crippen LogP contribution in [0, 0.1) is 18.3 Å². The third kappa shape index (κ3) is 2.38. The van der Waals surface area contributed by atoms with E-state index >= 15 is 0 Å². The second-order valence-corrected chi connectivity index (χ2v) is 7.14. The largest absolute Gasteiger partial charge is 0.455 e. The summed E-state index contributed by atoms with van der Waals surface area (Å²) in [5, 5.41) is 11.8. The Bertz CT molecular complexity index is 1190. The van der Waals surface area contributed by atoms with Crippen LogP contribution in [-0.2, 0) is 7.05 Å². The molecule has 128 valence electrons. The molecule has 0 N–H and O–H groups in total. The highest BCUT2D eigenvalue weighted by atomic mass is 16.3. The predicted octanol–water partition coefficient (Wildman–Crippen LogP) is 5.38. The van der Waals surface area contributed by atoms with Crippen molar-refractivity contribution in [2.45, 2.75) is 26.7 Å². The number of benzene rings is 2. The summed E-state index contributed by atoms with van der Waals surface area (Å²) in [4.78, 5) is 0. The molecule has 0 atom stereocenters. The van der Waals surface area contributed by atoms with Crippen LogP contribution < -0.4 is 4.57 Å². The lowest BCUT2D eigenvalue weighted by Gasteiger charge is -2.07. The van der Waals surface area contributed by atoms with Gasteiger partial charge in [-0.3, -0.25) is 0 Å². The summed E-state index contributed by atoms with van der Waals surface area (Å²) < 4.78 is 8.30. The Morgan fingerprint density at radius 2 is 1.88 bits per heavy atom. The molecule has 0 aliphatic carbocycles. The van der Waals surface area contributed by atoms with Crippen LogP contribution in [0.3, 0.4) is 0 Å². The van der Waals surface area contributed by atoms with Gasteiger partial charge in [-0.1, -0.05) is 26.0 Å². The van der Waals surface area contributed by atoms with E-state index in [1.54, 1.807) is 0 Å². The first-order valence-corrected chi connectivity index (χ1v) is 8.86. The van der Waals surface area contributed by atoms with Gasteiger partial charge in [0.2, 0.25) is 5.69 Å². The maximum absolute atomic E-state index is 9.70. The summed E-state index contributed by atoms with van der Waals surface area (Å²) >= 11 is 0. The number of nitrogens with zero attached hydrogens (tertiary/aromatic N) is 2. The Morgan fingerprint density at radius 3 is 2.58 bits per heavy atom. The van der Waals surface area contributed by atoms with Gasteiger partial charge in [0, 0.05) is 22.9 Å². The van der Waals surface area contributed by atoms with Crippen LogP contribution in [0.1, 0.15) is 36.5 Å². The molecule has 3 nitrogen and oxygen atoms in total. The molecule has 2 heterocycles. The number of hydrogen-bond acceptors (Lipinski definition) is 2. The molecule has 4 rings (SSSR count). The van der Waals surface area contributed by atoms with Gasteiger partial charge in [-0.25, -0.2) is 4.57 Å². The molecule has 2 aromatic heterocycles. The zero-order valence-electron chi connectivity index (χ0n) is 15.5. The molecule has 0 fully saturated rings. The molecule has 0 aliphatic heterocycles. The van der Waals surface area contributed by atoms with Gasteiger partial charge < -0.3 is 4.42 Å². The van der Waals surface area contributed by atoms with E-state index in [1.165, 1.54) is 5.56 Å².